The molecule has 0 aromatic heterocycles. The first kappa shape index (κ1) is 11.0. The molecule has 1 rings (SSSR count). The summed E-state index contributed by atoms with van der Waals surface area (Å²) in [6.45, 7) is 8.33. The number of hydrogen-bond acceptors (Lipinski definition) is 3. The minimum Gasteiger partial charge on any atom is -0.379 e. The van der Waals surface area contributed by atoms with Crippen LogP contribution in [0.3, 0.4) is 0 Å². The van der Waals surface area contributed by atoms with Gasteiger partial charge in [-0.05, 0) is 33.2 Å². The van der Waals surface area contributed by atoms with Gasteiger partial charge in [-0.15, -0.1) is 0 Å². The van der Waals surface area contributed by atoms with Gasteiger partial charge in [0, 0.05) is 18.6 Å². The van der Waals surface area contributed by atoms with Crippen molar-refractivity contribution < 1.29 is 4.74 Å². The predicted molar refractivity (Wildman–Crippen MR) is 54.7 cm³/mol. The van der Waals surface area contributed by atoms with Crippen molar-refractivity contribution in [3.8, 4) is 0 Å². The fourth-order valence-electron chi connectivity index (χ4n) is 1.71. The molecule has 0 aromatic carbocycles. The van der Waals surface area contributed by atoms with Crippen LogP contribution in [0.5, 0.6) is 0 Å². The Morgan fingerprint density at radius 2 is 2.38 bits per heavy atom. The Balaban J connectivity index is 2.11. The van der Waals surface area contributed by atoms with E-state index in [-0.39, 0.29) is 0 Å². The van der Waals surface area contributed by atoms with Gasteiger partial charge in [0.15, 0.2) is 0 Å². The smallest absolute Gasteiger partial charge is 0.0619 e. The summed E-state index contributed by atoms with van der Waals surface area (Å²) in [5.41, 5.74) is 5.70. The second kappa shape index (κ2) is 5.58. The van der Waals surface area contributed by atoms with Crippen molar-refractivity contribution in [1.29, 1.82) is 0 Å². The molecule has 13 heavy (non-hydrogen) atoms. The molecule has 2 N–H and O–H groups in total. The van der Waals surface area contributed by atoms with Crippen molar-refractivity contribution in [2.75, 3.05) is 26.3 Å². The summed E-state index contributed by atoms with van der Waals surface area (Å²) in [5.74, 6) is 0. The Morgan fingerprint density at radius 3 is 3.00 bits per heavy atom. The van der Waals surface area contributed by atoms with Crippen LogP contribution in [-0.4, -0.2) is 43.3 Å². The fourth-order valence-corrected chi connectivity index (χ4v) is 1.71. The molecule has 3 nitrogen and oxygen atoms in total. The SMILES string of the molecule is CC(N)CCCN1CCOCC1C. The third-order valence-corrected chi connectivity index (χ3v) is 2.61. The minimum atomic E-state index is 0.344. The van der Waals surface area contributed by atoms with Crippen LogP contribution in [0.25, 0.3) is 0 Å². The van der Waals surface area contributed by atoms with Crippen LogP contribution in [0.2, 0.25) is 0 Å². The predicted octanol–water partition coefficient (Wildman–Crippen LogP) is 0.834. The van der Waals surface area contributed by atoms with E-state index in [0.29, 0.717) is 12.1 Å². The molecule has 78 valence electrons. The molecule has 0 aliphatic carbocycles. The lowest BCUT2D eigenvalue weighted by atomic mass is 10.1. The average molecular weight is 186 g/mol. The first-order chi connectivity index (χ1) is 6.20. The van der Waals surface area contributed by atoms with E-state index in [1.807, 2.05) is 0 Å². The molecule has 0 spiro atoms. The molecule has 1 fully saturated rings. The second-order valence-corrected chi connectivity index (χ2v) is 4.08. The van der Waals surface area contributed by atoms with Crippen LogP contribution < -0.4 is 5.73 Å². The number of ether oxygens (including phenoxy) is 1. The molecule has 0 radical (unpaired) electrons. The lowest BCUT2D eigenvalue weighted by Crippen LogP contribution is -2.44. The molecular formula is C10H22N2O. The summed E-state index contributed by atoms with van der Waals surface area (Å²) in [5, 5.41) is 0. The molecule has 1 aliphatic rings. The van der Waals surface area contributed by atoms with Crippen LogP contribution >= 0.6 is 0 Å². The van der Waals surface area contributed by atoms with Gasteiger partial charge in [-0.3, -0.25) is 4.90 Å². The second-order valence-electron chi connectivity index (χ2n) is 4.08. The number of hydrogen-bond donors (Lipinski definition) is 1. The Kier molecular flexibility index (Phi) is 4.70. The molecule has 1 saturated heterocycles. The molecule has 0 amide bonds. The zero-order valence-electron chi connectivity index (χ0n) is 8.83. The van der Waals surface area contributed by atoms with E-state index in [0.717, 1.165) is 26.2 Å². The van der Waals surface area contributed by atoms with Crippen molar-refractivity contribution in [3.63, 3.8) is 0 Å². The minimum absolute atomic E-state index is 0.344. The van der Waals surface area contributed by atoms with Crippen molar-refractivity contribution in [3.05, 3.63) is 0 Å². The molecular weight excluding hydrogens is 164 g/mol. The van der Waals surface area contributed by atoms with E-state index in [4.69, 9.17) is 10.5 Å². The first-order valence-electron chi connectivity index (χ1n) is 5.27. The highest BCUT2D eigenvalue weighted by Crippen LogP contribution is 2.07. The van der Waals surface area contributed by atoms with E-state index in [2.05, 4.69) is 18.7 Å². The van der Waals surface area contributed by atoms with Crippen molar-refractivity contribution in [1.82, 2.24) is 4.90 Å². The van der Waals surface area contributed by atoms with Crippen LogP contribution in [0.4, 0.5) is 0 Å². The van der Waals surface area contributed by atoms with Gasteiger partial charge >= 0.3 is 0 Å². The monoisotopic (exact) mass is 186 g/mol. The number of nitrogens with two attached hydrogens (primary N) is 1. The number of morpholine rings is 1. The highest BCUT2D eigenvalue weighted by atomic mass is 16.5. The van der Waals surface area contributed by atoms with Gasteiger partial charge in [0.1, 0.15) is 0 Å². The maximum atomic E-state index is 5.70. The largest absolute Gasteiger partial charge is 0.379 e. The Hall–Kier alpha value is -0.120. The zero-order valence-corrected chi connectivity index (χ0v) is 8.83. The van der Waals surface area contributed by atoms with E-state index in [1.165, 1.54) is 13.0 Å². The van der Waals surface area contributed by atoms with Crippen LogP contribution in [0, 0.1) is 0 Å². The average Bonchev–Trinajstić information content (AvgIpc) is 2.08. The van der Waals surface area contributed by atoms with E-state index >= 15 is 0 Å². The summed E-state index contributed by atoms with van der Waals surface area (Å²) >= 11 is 0. The number of rotatable bonds is 4. The Morgan fingerprint density at radius 1 is 1.62 bits per heavy atom. The first-order valence-corrected chi connectivity index (χ1v) is 5.27. The summed E-state index contributed by atoms with van der Waals surface area (Å²) in [4.78, 5) is 2.49. The van der Waals surface area contributed by atoms with Gasteiger partial charge in [0.25, 0.3) is 0 Å². The standard InChI is InChI=1S/C10H22N2O/c1-9(11)4-3-5-12-6-7-13-8-10(12)2/h9-10H,3-8,11H2,1-2H3. The highest BCUT2D eigenvalue weighted by Gasteiger charge is 2.17. The Bertz CT molecular complexity index is 139. The van der Waals surface area contributed by atoms with Crippen molar-refractivity contribution >= 4 is 0 Å². The third kappa shape index (κ3) is 4.07. The van der Waals surface area contributed by atoms with Crippen LogP contribution in [0.1, 0.15) is 26.7 Å². The molecule has 1 heterocycles. The molecule has 0 aromatic rings. The maximum Gasteiger partial charge on any atom is 0.0619 e. The fraction of sp³-hybridized carbons (Fsp3) is 1.00. The van der Waals surface area contributed by atoms with Gasteiger partial charge in [-0.2, -0.15) is 0 Å². The van der Waals surface area contributed by atoms with Gasteiger partial charge in [0.05, 0.1) is 13.2 Å². The molecule has 0 bridgehead atoms. The molecule has 3 heteroatoms. The third-order valence-electron chi connectivity index (χ3n) is 2.61. The van der Waals surface area contributed by atoms with Crippen LogP contribution in [0.15, 0.2) is 0 Å². The van der Waals surface area contributed by atoms with E-state index < -0.39 is 0 Å². The molecule has 2 atom stereocenters. The summed E-state index contributed by atoms with van der Waals surface area (Å²) in [6.07, 6.45) is 2.34. The molecule has 1 aliphatic heterocycles. The van der Waals surface area contributed by atoms with E-state index in [1.54, 1.807) is 0 Å². The zero-order chi connectivity index (χ0) is 9.68. The lowest BCUT2D eigenvalue weighted by Gasteiger charge is -2.33. The van der Waals surface area contributed by atoms with Gasteiger partial charge in [-0.1, -0.05) is 0 Å². The van der Waals surface area contributed by atoms with Gasteiger partial charge in [0.2, 0.25) is 0 Å². The maximum absolute atomic E-state index is 5.70. The van der Waals surface area contributed by atoms with Gasteiger partial charge < -0.3 is 10.5 Å². The summed E-state index contributed by atoms with van der Waals surface area (Å²) in [7, 11) is 0. The lowest BCUT2D eigenvalue weighted by molar-refractivity contribution is -0.000984. The normalized spacial score (nSPS) is 27.5. The highest BCUT2D eigenvalue weighted by molar-refractivity contribution is 4.71. The Labute approximate surface area is 81.2 Å². The quantitative estimate of drug-likeness (QED) is 0.707. The van der Waals surface area contributed by atoms with Crippen molar-refractivity contribution in [2.45, 2.75) is 38.8 Å². The van der Waals surface area contributed by atoms with E-state index in [9.17, 15) is 0 Å². The molecule has 2 unspecified atom stereocenters. The van der Waals surface area contributed by atoms with Crippen molar-refractivity contribution in [2.24, 2.45) is 5.73 Å². The topological polar surface area (TPSA) is 38.5 Å². The summed E-state index contributed by atoms with van der Waals surface area (Å²) < 4.78 is 5.37. The summed E-state index contributed by atoms with van der Waals surface area (Å²) in [6, 6.07) is 0.929. The van der Waals surface area contributed by atoms with Crippen LogP contribution in [-0.2, 0) is 4.74 Å². The number of nitrogens with zero attached hydrogens (tertiary/aromatic N) is 1. The van der Waals surface area contributed by atoms with Gasteiger partial charge in [-0.25, -0.2) is 0 Å². The molecule has 0 saturated carbocycles.